The maximum Gasteiger partial charge on any atom is 0.164 e. The van der Waals surface area contributed by atoms with Crippen LogP contribution >= 0.6 is 0 Å². The molecule has 0 aromatic carbocycles. The molecule has 0 saturated carbocycles. The summed E-state index contributed by atoms with van der Waals surface area (Å²) >= 11 is 0. The molecule has 1 aliphatic carbocycles. The molecule has 0 amide bonds. The third-order valence-electron chi connectivity index (χ3n) is 3.81. The standard InChI is InChI=1S/C15H16N2O/c1-10-14-12(4-3-5-13(14)18)17(2)15(10)11-6-8-16-9-7-11/h6-9H,3-5H2,1-2H3. The predicted octanol–water partition coefficient (Wildman–Crippen LogP) is 2.91. The van der Waals surface area contributed by atoms with Crippen molar-refractivity contribution in [3.8, 4) is 11.3 Å². The van der Waals surface area contributed by atoms with Crippen molar-refractivity contribution in [2.24, 2.45) is 7.05 Å². The number of hydrogen-bond acceptors (Lipinski definition) is 2. The summed E-state index contributed by atoms with van der Waals surface area (Å²) in [5.41, 5.74) is 5.54. The molecule has 0 aliphatic heterocycles. The molecule has 2 aromatic rings. The van der Waals surface area contributed by atoms with Crippen LogP contribution in [0.4, 0.5) is 0 Å². The Bertz CT molecular complexity index is 611. The third kappa shape index (κ3) is 1.50. The van der Waals surface area contributed by atoms with Gasteiger partial charge in [-0.15, -0.1) is 0 Å². The fraction of sp³-hybridized carbons (Fsp3) is 0.333. The van der Waals surface area contributed by atoms with Gasteiger partial charge < -0.3 is 4.57 Å². The summed E-state index contributed by atoms with van der Waals surface area (Å²) in [4.78, 5) is 16.1. The van der Waals surface area contributed by atoms with Crippen LogP contribution in [0.3, 0.4) is 0 Å². The smallest absolute Gasteiger partial charge is 0.164 e. The van der Waals surface area contributed by atoms with E-state index in [1.54, 1.807) is 12.4 Å². The molecule has 3 heteroatoms. The van der Waals surface area contributed by atoms with Crippen molar-refractivity contribution in [3.63, 3.8) is 0 Å². The molecule has 92 valence electrons. The second-order valence-corrected chi connectivity index (χ2v) is 4.87. The van der Waals surface area contributed by atoms with Crippen molar-refractivity contribution in [1.82, 2.24) is 9.55 Å². The van der Waals surface area contributed by atoms with Crippen molar-refractivity contribution in [1.29, 1.82) is 0 Å². The van der Waals surface area contributed by atoms with E-state index in [1.807, 2.05) is 12.1 Å². The summed E-state index contributed by atoms with van der Waals surface area (Å²) in [6.07, 6.45) is 6.25. The molecule has 0 unspecified atom stereocenters. The van der Waals surface area contributed by atoms with E-state index in [-0.39, 0.29) is 0 Å². The van der Waals surface area contributed by atoms with E-state index in [1.165, 1.54) is 5.69 Å². The SMILES string of the molecule is Cc1c2c(n(C)c1-c1ccncc1)CCCC2=O. The molecule has 3 rings (SSSR count). The molecule has 18 heavy (non-hydrogen) atoms. The highest BCUT2D eigenvalue weighted by Gasteiger charge is 2.26. The molecule has 1 aliphatic rings. The first-order valence-electron chi connectivity index (χ1n) is 6.32. The molecule has 2 aromatic heterocycles. The number of rotatable bonds is 1. The van der Waals surface area contributed by atoms with E-state index in [4.69, 9.17) is 0 Å². The summed E-state index contributed by atoms with van der Waals surface area (Å²) in [6, 6.07) is 4.00. The number of nitrogens with zero attached hydrogens (tertiary/aromatic N) is 2. The van der Waals surface area contributed by atoms with Crippen LogP contribution in [0.5, 0.6) is 0 Å². The van der Waals surface area contributed by atoms with Crippen LogP contribution in [-0.2, 0) is 13.5 Å². The van der Waals surface area contributed by atoms with E-state index < -0.39 is 0 Å². The summed E-state index contributed by atoms with van der Waals surface area (Å²) in [5, 5.41) is 0. The molecule has 0 bridgehead atoms. The molecular formula is C15H16N2O. The number of Topliss-reactive ketones (excluding diaryl/α,β-unsaturated/α-hetero) is 1. The molecular weight excluding hydrogens is 224 g/mol. The Kier molecular flexibility index (Phi) is 2.54. The minimum absolute atomic E-state index is 0.296. The molecule has 0 N–H and O–H groups in total. The van der Waals surface area contributed by atoms with E-state index in [0.717, 1.165) is 35.2 Å². The van der Waals surface area contributed by atoms with Crippen LogP contribution in [-0.4, -0.2) is 15.3 Å². The zero-order valence-electron chi connectivity index (χ0n) is 10.7. The Morgan fingerprint density at radius 1 is 1.22 bits per heavy atom. The van der Waals surface area contributed by atoms with Crippen molar-refractivity contribution in [2.45, 2.75) is 26.2 Å². The molecule has 0 fully saturated rings. The van der Waals surface area contributed by atoms with Gasteiger partial charge in [-0.05, 0) is 37.5 Å². The van der Waals surface area contributed by atoms with Gasteiger partial charge >= 0.3 is 0 Å². The average molecular weight is 240 g/mol. The van der Waals surface area contributed by atoms with Gasteiger partial charge in [-0.1, -0.05) is 0 Å². The largest absolute Gasteiger partial charge is 0.347 e. The minimum atomic E-state index is 0.296. The van der Waals surface area contributed by atoms with Gasteiger partial charge in [-0.3, -0.25) is 9.78 Å². The van der Waals surface area contributed by atoms with Gasteiger partial charge in [0, 0.05) is 42.7 Å². The number of pyridine rings is 1. The maximum atomic E-state index is 12.1. The van der Waals surface area contributed by atoms with Crippen LogP contribution in [0.2, 0.25) is 0 Å². The normalized spacial score (nSPS) is 14.7. The maximum absolute atomic E-state index is 12.1. The third-order valence-corrected chi connectivity index (χ3v) is 3.81. The fourth-order valence-corrected chi connectivity index (χ4v) is 3.01. The summed E-state index contributed by atoms with van der Waals surface area (Å²) in [5.74, 6) is 0.296. The van der Waals surface area contributed by atoms with Gasteiger partial charge in [-0.25, -0.2) is 0 Å². The number of fused-ring (bicyclic) bond motifs is 1. The predicted molar refractivity (Wildman–Crippen MR) is 70.6 cm³/mol. The number of carbonyl (C=O) groups is 1. The Hall–Kier alpha value is -1.90. The van der Waals surface area contributed by atoms with E-state index in [2.05, 4.69) is 23.5 Å². The van der Waals surface area contributed by atoms with Gasteiger partial charge in [0.2, 0.25) is 0 Å². The van der Waals surface area contributed by atoms with E-state index in [0.29, 0.717) is 12.2 Å². The van der Waals surface area contributed by atoms with Gasteiger partial charge in [0.1, 0.15) is 0 Å². The molecule has 3 nitrogen and oxygen atoms in total. The van der Waals surface area contributed by atoms with Crippen LogP contribution in [0.15, 0.2) is 24.5 Å². The summed E-state index contributed by atoms with van der Waals surface area (Å²) in [6.45, 7) is 2.05. The topological polar surface area (TPSA) is 34.9 Å². The second kappa shape index (κ2) is 4.09. The Morgan fingerprint density at radius 3 is 2.61 bits per heavy atom. The van der Waals surface area contributed by atoms with Crippen LogP contribution in [0.1, 0.15) is 34.5 Å². The summed E-state index contributed by atoms with van der Waals surface area (Å²) in [7, 11) is 2.06. The Balaban J connectivity index is 2.26. The van der Waals surface area contributed by atoms with Crippen LogP contribution < -0.4 is 0 Å². The highest BCUT2D eigenvalue weighted by Crippen LogP contribution is 2.34. The lowest BCUT2D eigenvalue weighted by molar-refractivity contribution is 0.0971. The van der Waals surface area contributed by atoms with E-state index in [9.17, 15) is 4.79 Å². The minimum Gasteiger partial charge on any atom is -0.347 e. The molecule has 0 atom stereocenters. The van der Waals surface area contributed by atoms with Crippen LogP contribution in [0.25, 0.3) is 11.3 Å². The monoisotopic (exact) mass is 240 g/mol. The lowest BCUT2D eigenvalue weighted by atomic mass is 9.93. The van der Waals surface area contributed by atoms with Gasteiger partial charge in [0.05, 0.1) is 5.69 Å². The average Bonchev–Trinajstić information content (AvgIpc) is 2.64. The van der Waals surface area contributed by atoms with Gasteiger partial charge in [-0.2, -0.15) is 0 Å². The fourth-order valence-electron chi connectivity index (χ4n) is 3.01. The lowest BCUT2D eigenvalue weighted by Crippen LogP contribution is -2.12. The number of ketones is 1. The molecule has 0 spiro atoms. The second-order valence-electron chi connectivity index (χ2n) is 4.87. The number of carbonyl (C=O) groups excluding carboxylic acids is 1. The molecule has 2 heterocycles. The van der Waals surface area contributed by atoms with Crippen molar-refractivity contribution < 1.29 is 4.79 Å². The van der Waals surface area contributed by atoms with Gasteiger partial charge in [0.15, 0.2) is 5.78 Å². The quantitative estimate of drug-likeness (QED) is 0.768. The van der Waals surface area contributed by atoms with Crippen molar-refractivity contribution in [3.05, 3.63) is 41.3 Å². The van der Waals surface area contributed by atoms with Crippen LogP contribution in [0, 0.1) is 6.92 Å². The zero-order valence-corrected chi connectivity index (χ0v) is 10.7. The molecule has 0 saturated heterocycles. The first-order valence-corrected chi connectivity index (χ1v) is 6.32. The molecule has 0 radical (unpaired) electrons. The van der Waals surface area contributed by atoms with Crippen molar-refractivity contribution in [2.75, 3.05) is 0 Å². The lowest BCUT2D eigenvalue weighted by Gasteiger charge is -2.12. The van der Waals surface area contributed by atoms with Crippen molar-refractivity contribution >= 4 is 5.78 Å². The Labute approximate surface area is 106 Å². The summed E-state index contributed by atoms with van der Waals surface area (Å²) < 4.78 is 2.18. The highest BCUT2D eigenvalue weighted by molar-refractivity contribution is 6.01. The number of hydrogen-bond donors (Lipinski definition) is 0. The van der Waals surface area contributed by atoms with E-state index >= 15 is 0 Å². The first kappa shape index (κ1) is 11.2. The van der Waals surface area contributed by atoms with Gasteiger partial charge in [0.25, 0.3) is 0 Å². The highest BCUT2D eigenvalue weighted by atomic mass is 16.1. The zero-order chi connectivity index (χ0) is 12.7. The number of aromatic nitrogens is 2. The Morgan fingerprint density at radius 2 is 1.94 bits per heavy atom. The first-order chi connectivity index (χ1) is 8.70.